The number of oxazole rings is 1. The largest absolute Gasteiger partial charge is 0.465 e. The second kappa shape index (κ2) is 6.19. The summed E-state index contributed by atoms with van der Waals surface area (Å²) in [6.45, 7) is 2.59. The number of carbonyl (C=O) groups is 1. The normalized spacial score (nSPS) is 10.7. The molecule has 0 aliphatic rings. The molecule has 0 radical (unpaired) electrons. The van der Waals surface area contributed by atoms with Gasteiger partial charge >= 0.3 is 5.97 Å². The first-order chi connectivity index (χ1) is 8.79. The van der Waals surface area contributed by atoms with Crippen molar-refractivity contribution in [1.29, 1.82) is 0 Å². The quantitative estimate of drug-likeness (QED) is 0.581. The average Bonchev–Trinajstić information content (AvgIpc) is 2.76. The molecule has 2 aromatic rings. The van der Waals surface area contributed by atoms with Crippen LogP contribution < -0.4 is 0 Å². The number of ether oxygens (including phenoxy) is 1. The van der Waals surface area contributed by atoms with Crippen LogP contribution in [0.5, 0.6) is 0 Å². The predicted molar refractivity (Wildman–Crippen MR) is 68.2 cm³/mol. The highest BCUT2D eigenvalue weighted by atomic mass is 16.5. The van der Waals surface area contributed by atoms with Gasteiger partial charge in [-0.1, -0.05) is 31.9 Å². The molecule has 2 rings (SSSR count). The van der Waals surface area contributed by atoms with Crippen LogP contribution in [0, 0.1) is 0 Å². The zero-order valence-electron chi connectivity index (χ0n) is 10.5. The van der Waals surface area contributed by atoms with Crippen LogP contribution in [0.3, 0.4) is 0 Å². The number of unbranched alkanes of at least 4 members (excludes halogenated alkanes) is 2. The molecular formula is C14H17NO3. The summed E-state index contributed by atoms with van der Waals surface area (Å²) in [4.78, 5) is 15.8. The third-order valence-electron chi connectivity index (χ3n) is 2.64. The van der Waals surface area contributed by atoms with Crippen LogP contribution in [-0.2, 0) is 16.0 Å². The molecule has 1 aromatic heterocycles. The maximum atomic E-state index is 11.5. The van der Waals surface area contributed by atoms with Crippen LogP contribution in [0.15, 0.2) is 28.7 Å². The molecule has 0 atom stereocenters. The minimum absolute atomic E-state index is 0.0980. The number of carbonyl (C=O) groups excluding carboxylic acids is 1. The van der Waals surface area contributed by atoms with Crippen molar-refractivity contribution >= 4 is 17.1 Å². The van der Waals surface area contributed by atoms with Gasteiger partial charge in [-0.15, -0.1) is 0 Å². The lowest BCUT2D eigenvalue weighted by molar-refractivity contribution is -0.143. The molecule has 0 aliphatic heterocycles. The fourth-order valence-electron chi connectivity index (χ4n) is 1.71. The third-order valence-corrected chi connectivity index (χ3v) is 2.64. The summed E-state index contributed by atoms with van der Waals surface area (Å²) in [7, 11) is 0. The highest BCUT2D eigenvalue weighted by Crippen LogP contribution is 2.15. The molecule has 4 heteroatoms. The minimum Gasteiger partial charge on any atom is -0.465 e. The van der Waals surface area contributed by atoms with Gasteiger partial charge in [-0.05, 0) is 18.6 Å². The fourth-order valence-corrected chi connectivity index (χ4v) is 1.71. The van der Waals surface area contributed by atoms with Gasteiger partial charge in [-0.25, -0.2) is 4.98 Å². The van der Waals surface area contributed by atoms with Crippen LogP contribution >= 0.6 is 0 Å². The molecule has 1 aromatic carbocycles. The van der Waals surface area contributed by atoms with Crippen LogP contribution in [0.4, 0.5) is 0 Å². The van der Waals surface area contributed by atoms with Crippen molar-refractivity contribution in [2.45, 2.75) is 32.6 Å². The summed E-state index contributed by atoms with van der Waals surface area (Å²) >= 11 is 0. The van der Waals surface area contributed by atoms with E-state index in [1.54, 1.807) is 0 Å². The molecular weight excluding hydrogens is 230 g/mol. The molecule has 0 bridgehead atoms. The maximum Gasteiger partial charge on any atom is 0.315 e. The molecule has 0 saturated carbocycles. The molecule has 0 unspecified atom stereocenters. The van der Waals surface area contributed by atoms with Crippen molar-refractivity contribution in [3.8, 4) is 0 Å². The van der Waals surface area contributed by atoms with E-state index < -0.39 is 0 Å². The Balaban J connectivity index is 1.86. The van der Waals surface area contributed by atoms with Gasteiger partial charge < -0.3 is 9.15 Å². The Bertz CT molecular complexity index is 485. The lowest BCUT2D eigenvalue weighted by Crippen LogP contribution is -2.09. The topological polar surface area (TPSA) is 52.3 Å². The molecule has 4 nitrogen and oxygen atoms in total. The number of para-hydroxylation sites is 2. The van der Waals surface area contributed by atoms with Crippen LogP contribution in [0.25, 0.3) is 11.1 Å². The van der Waals surface area contributed by atoms with Crippen LogP contribution in [0.1, 0.15) is 32.1 Å². The first-order valence-corrected chi connectivity index (χ1v) is 6.29. The molecule has 96 valence electrons. The first kappa shape index (κ1) is 12.6. The zero-order chi connectivity index (χ0) is 12.8. The number of esters is 1. The molecule has 0 saturated heterocycles. The molecule has 0 amide bonds. The van der Waals surface area contributed by atoms with Gasteiger partial charge in [0.2, 0.25) is 5.89 Å². The van der Waals surface area contributed by atoms with Crippen LogP contribution in [-0.4, -0.2) is 17.6 Å². The summed E-state index contributed by atoms with van der Waals surface area (Å²) < 4.78 is 10.6. The van der Waals surface area contributed by atoms with Gasteiger partial charge in [0.1, 0.15) is 11.9 Å². The smallest absolute Gasteiger partial charge is 0.315 e. The van der Waals surface area contributed by atoms with Gasteiger partial charge in [-0.2, -0.15) is 0 Å². The van der Waals surface area contributed by atoms with E-state index in [2.05, 4.69) is 11.9 Å². The van der Waals surface area contributed by atoms with E-state index >= 15 is 0 Å². The Kier molecular flexibility index (Phi) is 4.34. The number of benzene rings is 1. The molecule has 0 N–H and O–H groups in total. The SMILES string of the molecule is CCCCCOC(=O)Cc1nc2ccccc2o1. The third kappa shape index (κ3) is 3.32. The standard InChI is InChI=1S/C14H17NO3/c1-2-3-6-9-17-14(16)10-13-15-11-7-4-5-8-12(11)18-13/h4-5,7-8H,2-3,6,9-10H2,1H3. The predicted octanol–water partition coefficient (Wildman–Crippen LogP) is 3.10. The van der Waals surface area contributed by atoms with Gasteiger partial charge in [0.05, 0.1) is 6.61 Å². The van der Waals surface area contributed by atoms with E-state index in [1.165, 1.54) is 0 Å². The van der Waals surface area contributed by atoms with E-state index in [-0.39, 0.29) is 12.4 Å². The average molecular weight is 247 g/mol. The Morgan fingerprint density at radius 1 is 1.33 bits per heavy atom. The van der Waals surface area contributed by atoms with Gasteiger partial charge in [0, 0.05) is 0 Å². The minimum atomic E-state index is -0.280. The number of rotatable bonds is 6. The first-order valence-electron chi connectivity index (χ1n) is 6.29. The summed E-state index contributed by atoms with van der Waals surface area (Å²) in [6, 6.07) is 7.45. The summed E-state index contributed by atoms with van der Waals surface area (Å²) in [5, 5.41) is 0. The van der Waals surface area contributed by atoms with Gasteiger partial charge in [0.15, 0.2) is 5.58 Å². The van der Waals surface area contributed by atoms with Crippen molar-refractivity contribution in [3.63, 3.8) is 0 Å². The Labute approximate surface area is 106 Å². The number of nitrogens with zero attached hydrogens (tertiary/aromatic N) is 1. The Hall–Kier alpha value is -1.84. The summed E-state index contributed by atoms with van der Waals surface area (Å²) in [5.41, 5.74) is 1.47. The van der Waals surface area contributed by atoms with E-state index in [0.717, 1.165) is 24.8 Å². The number of aromatic nitrogens is 1. The Morgan fingerprint density at radius 2 is 2.17 bits per heavy atom. The van der Waals surface area contributed by atoms with E-state index in [0.29, 0.717) is 18.1 Å². The molecule has 0 fully saturated rings. The van der Waals surface area contributed by atoms with Crippen LogP contribution in [0.2, 0.25) is 0 Å². The number of hydrogen-bond acceptors (Lipinski definition) is 4. The van der Waals surface area contributed by atoms with Crippen molar-refractivity contribution < 1.29 is 13.9 Å². The Morgan fingerprint density at radius 3 is 2.94 bits per heavy atom. The van der Waals surface area contributed by atoms with Crippen molar-refractivity contribution in [2.75, 3.05) is 6.61 Å². The van der Waals surface area contributed by atoms with Crippen molar-refractivity contribution in [1.82, 2.24) is 4.98 Å². The fraction of sp³-hybridized carbons (Fsp3) is 0.429. The highest BCUT2D eigenvalue weighted by Gasteiger charge is 2.11. The molecule has 1 heterocycles. The molecule has 0 spiro atoms. The molecule has 18 heavy (non-hydrogen) atoms. The van der Waals surface area contributed by atoms with E-state index in [9.17, 15) is 4.79 Å². The summed E-state index contributed by atoms with van der Waals surface area (Å²) in [5.74, 6) is 0.134. The van der Waals surface area contributed by atoms with Crippen molar-refractivity contribution in [3.05, 3.63) is 30.2 Å². The van der Waals surface area contributed by atoms with E-state index in [1.807, 2.05) is 24.3 Å². The second-order valence-electron chi connectivity index (χ2n) is 4.18. The lowest BCUT2D eigenvalue weighted by Gasteiger charge is -2.01. The highest BCUT2D eigenvalue weighted by molar-refractivity contribution is 5.75. The number of fused-ring (bicyclic) bond motifs is 1. The van der Waals surface area contributed by atoms with Crippen molar-refractivity contribution in [2.24, 2.45) is 0 Å². The molecule has 0 aliphatic carbocycles. The van der Waals surface area contributed by atoms with E-state index in [4.69, 9.17) is 9.15 Å². The number of hydrogen-bond donors (Lipinski definition) is 0. The summed E-state index contributed by atoms with van der Waals surface area (Å²) in [6.07, 6.45) is 3.20. The zero-order valence-corrected chi connectivity index (χ0v) is 10.5. The van der Waals surface area contributed by atoms with Gasteiger partial charge in [-0.3, -0.25) is 4.79 Å². The lowest BCUT2D eigenvalue weighted by atomic mass is 10.3. The maximum absolute atomic E-state index is 11.5. The second-order valence-corrected chi connectivity index (χ2v) is 4.18. The van der Waals surface area contributed by atoms with Gasteiger partial charge in [0.25, 0.3) is 0 Å². The monoisotopic (exact) mass is 247 g/mol.